The normalized spacial score (nSPS) is 12.3. The smallest absolute Gasteiger partial charge is 0.124 e. The SMILES string of the molecule is COC(C)(C)Cn1c(CCl)nc2cccc(C)c21. The molecule has 0 unspecified atom stereocenters. The molecule has 0 fully saturated rings. The number of nitrogens with zero attached hydrogens (tertiary/aromatic N) is 2. The van der Waals surface area contributed by atoms with E-state index in [0.717, 1.165) is 23.4 Å². The largest absolute Gasteiger partial charge is 0.377 e. The van der Waals surface area contributed by atoms with Crippen LogP contribution in [0.4, 0.5) is 0 Å². The predicted molar refractivity (Wildman–Crippen MR) is 75.1 cm³/mol. The Morgan fingerprint density at radius 2 is 2.11 bits per heavy atom. The zero-order chi connectivity index (χ0) is 13.3. The van der Waals surface area contributed by atoms with Gasteiger partial charge < -0.3 is 9.30 Å². The molecule has 2 aromatic rings. The lowest BCUT2D eigenvalue weighted by Gasteiger charge is -2.25. The maximum absolute atomic E-state index is 6.00. The Bertz CT molecular complexity index is 560. The van der Waals surface area contributed by atoms with Crippen LogP contribution in [0.25, 0.3) is 11.0 Å². The van der Waals surface area contributed by atoms with Gasteiger partial charge in [-0.1, -0.05) is 12.1 Å². The van der Waals surface area contributed by atoms with E-state index in [-0.39, 0.29) is 5.60 Å². The van der Waals surface area contributed by atoms with Gasteiger partial charge in [0.25, 0.3) is 0 Å². The maximum Gasteiger partial charge on any atom is 0.124 e. The molecular formula is C14H19ClN2O. The summed E-state index contributed by atoms with van der Waals surface area (Å²) in [5.74, 6) is 1.31. The van der Waals surface area contributed by atoms with Crippen molar-refractivity contribution in [1.82, 2.24) is 9.55 Å². The lowest BCUT2D eigenvalue weighted by molar-refractivity contribution is 0.00853. The molecule has 1 aromatic carbocycles. The summed E-state index contributed by atoms with van der Waals surface area (Å²) in [5, 5.41) is 0. The molecule has 3 nitrogen and oxygen atoms in total. The van der Waals surface area contributed by atoms with Crippen LogP contribution in [0.1, 0.15) is 25.2 Å². The summed E-state index contributed by atoms with van der Waals surface area (Å²) < 4.78 is 7.68. The molecule has 0 aliphatic carbocycles. The molecule has 2 rings (SSSR count). The van der Waals surface area contributed by atoms with Crippen molar-refractivity contribution in [2.75, 3.05) is 7.11 Å². The lowest BCUT2D eigenvalue weighted by Crippen LogP contribution is -2.29. The van der Waals surface area contributed by atoms with Gasteiger partial charge in [-0.2, -0.15) is 0 Å². The number of hydrogen-bond donors (Lipinski definition) is 0. The zero-order valence-corrected chi connectivity index (χ0v) is 12.1. The first-order valence-corrected chi connectivity index (χ1v) is 6.58. The number of ether oxygens (including phenoxy) is 1. The molecule has 0 bridgehead atoms. The van der Waals surface area contributed by atoms with Crippen molar-refractivity contribution in [2.45, 2.75) is 38.8 Å². The summed E-state index contributed by atoms with van der Waals surface area (Å²) in [5.41, 5.74) is 3.12. The molecule has 0 atom stereocenters. The van der Waals surface area contributed by atoms with E-state index >= 15 is 0 Å². The number of hydrogen-bond acceptors (Lipinski definition) is 2. The molecule has 0 aliphatic heterocycles. The van der Waals surface area contributed by atoms with Gasteiger partial charge in [-0.3, -0.25) is 0 Å². The second-order valence-corrected chi connectivity index (χ2v) is 5.42. The molecule has 0 aliphatic rings. The van der Waals surface area contributed by atoms with E-state index in [1.165, 1.54) is 5.56 Å². The maximum atomic E-state index is 6.00. The van der Waals surface area contributed by atoms with Crippen molar-refractivity contribution in [3.05, 3.63) is 29.6 Å². The highest BCUT2D eigenvalue weighted by molar-refractivity contribution is 6.16. The summed E-state index contributed by atoms with van der Waals surface area (Å²) in [7, 11) is 1.73. The van der Waals surface area contributed by atoms with E-state index in [1.54, 1.807) is 7.11 Å². The van der Waals surface area contributed by atoms with Crippen LogP contribution < -0.4 is 0 Å². The Labute approximate surface area is 113 Å². The van der Waals surface area contributed by atoms with Gasteiger partial charge in [-0.05, 0) is 32.4 Å². The Morgan fingerprint density at radius 3 is 2.72 bits per heavy atom. The number of fused-ring (bicyclic) bond motifs is 1. The van der Waals surface area contributed by atoms with Gasteiger partial charge in [-0.25, -0.2) is 4.98 Å². The lowest BCUT2D eigenvalue weighted by atomic mass is 10.1. The number of imidazole rings is 1. The molecule has 1 aromatic heterocycles. The Morgan fingerprint density at radius 1 is 1.39 bits per heavy atom. The molecule has 0 amide bonds. The van der Waals surface area contributed by atoms with Gasteiger partial charge >= 0.3 is 0 Å². The molecule has 18 heavy (non-hydrogen) atoms. The first kappa shape index (κ1) is 13.4. The zero-order valence-electron chi connectivity index (χ0n) is 11.3. The summed E-state index contributed by atoms with van der Waals surface area (Å²) in [6.07, 6.45) is 0. The van der Waals surface area contributed by atoms with Gasteiger partial charge in [0.2, 0.25) is 0 Å². The molecule has 0 saturated heterocycles. The molecule has 4 heteroatoms. The molecule has 0 N–H and O–H groups in total. The van der Waals surface area contributed by atoms with Gasteiger partial charge in [-0.15, -0.1) is 11.6 Å². The second-order valence-electron chi connectivity index (χ2n) is 5.15. The van der Waals surface area contributed by atoms with Crippen molar-refractivity contribution >= 4 is 22.6 Å². The summed E-state index contributed by atoms with van der Waals surface area (Å²) >= 11 is 6.00. The minimum absolute atomic E-state index is 0.239. The highest BCUT2D eigenvalue weighted by atomic mass is 35.5. The van der Waals surface area contributed by atoms with Crippen LogP contribution >= 0.6 is 11.6 Å². The number of methoxy groups -OCH3 is 1. The average Bonchev–Trinajstić information content (AvgIpc) is 2.68. The Hall–Kier alpha value is -1.06. The number of para-hydroxylation sites is 1. The van der Waals surface area contributed by atoms with E-state index in [1.807, 2.05) is 12.1 Å². The number of halogens is 1. The van der Waals surface area contributed by atoms with Gasteiger partial charge in [0.1, 0.15) is 5.82 Å². The van der Waals surface area contributed by atoms with Crippen LogP contribution in [0.5, 0.6) is 0 Å². The van der Waals surface area contributed by atoms with E-state index < -0.39 is 0 Å². The fraction of sp³-hybridized carbons (Fsp3) is 0.500. The van der Waals surface area contributed by atoms with Crippen molar-refractivity contribution in [1.29, 1.82) is 0 Å². The summed E-state index contributed by atoms with van der Waals surface area (Å²) in [6, 6.07) is 6.14. The van der Waals surface area contributed by atoms with Crippen LogP contribution in [0.3, 0.4) is 0 Å². The van der Waals surface area contributed by atoms with Crippen molar-refractivity contribution in [3.8, 4) is 0 Å². The van der Waals surface area contributed by atoms with Gasteiger partial charge in [0, 0.05) is 7.11 Å². The monoisotopic (exact) mass is 266 g/mol. The van der Waals surface area contributed by atoms with Crippen LogP contribution in [-0.4, -0.2) is 22.3 Å². The van der Waals surface area contributed by atoms with Crippen LogP contribution in [0.2, 0.25) is 0 Å². The van der Waals surface area contributed by atoms with Crippen LogP contribution in [-0.2, 0) is 17.2 Å². The molecule has 0 saturated carbocycles. The van der Waals surface area contributed by atoms with Crippen molar-refractivity contribution in [3.63, 3.8) is 0 Å². The van der Waals surface area contributed by atoms with E-state index in [4.69, 9.17) is 16.3 Å². The Balaban J connectivity index is 2.60. The van der Waals surface area contributed by atoms with E-state index in [2.05, 4.69) is 36.4 Å². The van der Waals surface area contributed by atoms with E-state index in [0.29, 0.717) is 5.88 Å². The van der Waals surface area contributed by atoms with Gasteiger partial charge in [0.05, 0.1) is 29.1 Å². The quantitative estimate of drug-likeness (QED) is 0.792. The minimum atomic E-state index is -0.239. The van der Waals surface area contributed by atoms with E-state index in [9.17, 15) is 0 Å². The minimum Gasteiger partial charge on any atom is -0.377 e. The van der Waals surface area contributed by atoms with Crippen LogP contribution in [0, 0.1) is 6.92 Å². The third-order valence-corrected chi connectivity index (χ3v) is 3.50. The standard InChI is InChI=1S/C14H19ClN2O/c1-10-6-5-7-11-13(10)17(12(8-15)16-11)9-14(2,3)18-4/h5-7H,8-9H2,1-4H3. The Kier molecular flexibility index (Phi) is 3.64. The fourth-order valence-electron chi connectivity index (χ4n) is 2.13. The highest BCUT2D eigenvalue weighted by Crippen LogP contribution is 2.24. The predicted octanol–water partition coefficient (Wildman–Crippen LogP) is 3.51. The second kappa shape index (κ2) is 4.90. The van der Waals surface area contributed by atoms with Crippen molar-refractivity contribution < 1.29 is 4.74 Å². The van der Waals surface area contributed by atoms with Crippen molar-refractivity contribution in [2.24, 2.45) is 0 Å². The molecule has 0 radical (unpaired) electrons. The number of rotatable bonds is 4. The first-order valence-electron chi connectivity index (χ1n) is 6.04. The fourth-order valence-corrected chi connectivity index (χ4v) is 2.33. The third-order valence-electron chi connectivity index (χ3n) is 3.26. The molecule has 0 spiro atoms. The molecule has 1 heterocycles. The molecule has 98 valence electrons. The average molecular weight is 267 g/mol. The highest BCUT2D eigenvalue weighted by Gasteiger charge is 2.21. The number of alkyl halides is 1. The number of aryl methyl sites for hydroxylation is 1. The molecular weight excluding hydrogens is 248 g/mol. The number of aromatic nitrogens is 2. The summed E-state index contributed by atoms with van der Waals surface area (Å²) in [6.45, 7) is 6.97. The first-order chi connectivity index (χ1) is 8.48. The summed E-state index contributed by atoms with van der Waals surface area (Å²) in [4.78, 5) is 4.59. The number of benzene rings is 1. The topological polar surface area (TPSA) is 27.1 Å². The third kappa shape index (κ3) is 2.38. The van der Waals surface area contributed by atoms with Crippen LogP contribution in [0.15, 0.2) is 18.2 Å². The van der Waals surface area contributed by atoms with Gasteiger partial charge in [0.15, 0.2) is 0 Å².